The molecule has 2 aliphatic rings. The Bertz CT molecular complexity index is 243. The number of ether oxygens (including phenoxy) is 1. The summed E-state index contributed by atoms with van der Waals surface area (Å²) in [6.45, 7) is 5.10. The minimum atomic E-state index is -0.375. The van der Waals surface area contributed by atoms with E-state index in [2.05, 4.69) is 6.92 Å². The van der Waals surface area contributed by atoms with Crippen molar-refractivity contribution in [3.05, 3.63) is 0 Å². The molecule has 0 atom stereocenters. The van der Waals surface area contributed by atoms with Crippen LogP contribution < -0.4 is 5.73 Å². The predicted molar refractivity (Wildman–Crippen MR) is 57.3 cm³/mol. The van der Waals surface area contributed by atoms with Crippen molar-refractivity contribution in [2.24, 2.45) is 11.7 Å². The van der Waals surface area contributed by atoms with E-state index in [4.69, 9.17) is 10.5 Å². The molecule has 2 aliphatic heterocycles. The van der Waals surface area contributed by atoms with Crippen molar-refractivity contribution in [2.45, 2.75) is 31.7 Å². The molecule has 0 radical (unpaired) electrons. The maximum atomic E-state index is 11.9. The molecule has 2 saturated heterocycles. The van der Waals surface area contributed by atoms with Gasteiger partial charge in [0, 0.05) is 19.5 Å². The van der Waals surface area contributed by atoms with Gasteiger partial charge >= 0.3 is 0 Å². The van der Waals surface area contributed by atoms with Crippen molar-refractivity contribution in [3.8, 4) is 0 Å². The largest absolute Gasteiger partial charge is 0.377 e. The van der Waals surface area contributed by atoms with Crippen molar-refractivity contribution in [2.75, 3.05) is 26.3 Å². The fourth-order valence-corrected chi connectivity index (χ4v) is 2.14. The standard InChI is InChI=1S/C11H20N2O2/c1-9-2-4-13(5-3-9)10(14)6-11(12)7-15-8-11/h9H,2-8,12H2,1H3. The molecular formula is C11H20N2O2. The number of nitrogens with two attached hydrogens (primary N) is 1. The zero-order valence-electron chi connectivity index (χ0n) is 9.37. The van der Waals surface area contributed by atoms with Gasteiger partial charge in [0.15, 0.2) is 0 Å². The first kappa shape index (κ1) is 10.9. The lowest BCUT2D eigenvalue weighted by Crippen LogP contribution is -2.60. The van der Waals surface area contributed by atoms with Gasteiger partial charge in [-0.15, -0.1) is 0 Å². The Morgan fingerprint density at radius 2 is 2.07 bits per heavy atom. The van der Waals surface area contributed by atoms with E-state index in [1.165, 1.54) is 0 Å². The van der Waals surface area contributed by atoms with Crippen LogP contribution in [0.25, 0.3) is 0 Å². The van der Waals surface area contributed by atoms with Crippen molar-refractivity contribution < 1.29 is 9.53 Å². The van der Waals surface area contributed by atoms with Gasteiger partial charge in [0.1, 0.15) is 0 Å². The van der Waals surface area contributed by atoms with E-state index in [9.17, 15) is 4.79 Å². The fourth-order valence-electron chi connectivity index (χ4n) is 2.14. The smallest absolute Gasteiger partial charge is 0.224 e. The van der Waals surface area contributed by atoms with Gasteiger partial charge in [0.25, 0.3) is 0 Å². The van der Waals surface area contributed by atoms with Crippen LogP contribution in [0.5, 0.6) is 0 Å². The lowest BCUT2D eigenvalue weighted by Gasteiger charge is -2.39. The number of carbonyl (C=O) groups excluding carboxylic acids is 1. The first-order valence-electron chi connectivity index (χ1n) is 5.73. The molecule has 2 N–H and O–H groups in total. The average Bonchev–Trinajstić information content (AvgIpc) is 2.16. The molecule has 0 aromatic heterocycles. The minimum Gasteiger partial charge on any atom is -0.377 e. The van der Waals surface area contributed by atoms with Gasteiger partial charge < -0.3 is 15.4 Å². The van der Waals surface area contributed by atoms with Crippen LogP contribution in [0.15, 0.2) is 0 Å². The first-order chi connectivity index (χ1) is 7.09. The van der Waals surface area contributed by atoms with Crippen molar-refractivity contribution in [1.29, 1.82) is 0 Å². The lowest BCUT2D eigenvalue weighted by atomic mass is 9.92. The molecule has 0 aromatic carbocycles. The summed E-state index contributed by atoms with van der Waals surface area (Å²) in [7, 11) is 0. The maximum absolute atomic E-state index is 11.9. The Morgan fingerprint density at radius 3 is 2.53 bits per heavy atom. The van der Waals surface area contributed by atoms with Gasteiger partial charge in [-0.1, -0.05) is 6.92 Å². The first-order valence-corrected chi connectivity index (χ1v) is 5.73. The fraction of sp³-hybridized carbons (Fsp3) is 0.909. The molecule has 1 amide bonds. The Balaban J connectivity index is 1.80. The molecule has 4 heteroatoms. The van der Waals surface area contributed by atoms with Crippen LogP contribution in [0.3, 0.4) is 0 Å². The summed E-state index contributed by atoms with van der Waals surface area (Å²) >= 11 is 0. The van der Waals surface area contributed by atoms with E-state index in [1.54, 1.807) is 0 Å². The van der Waals surface area contributed by atoms with Crippen LogP contribution in [0.2, 0.25) is 0 Å². The van der Waals surface area contributed by atoms with E-state index in [0.717, 1.165) is 31.8 Å². The number of amides is 1. The van der Waals surface area contributed by atoms with E-state index in [0.29, 0.717) is 19.6 Å². The Hall–Kier alpha value is -0.610. The van der Waals surface area contributed by atoms with Crippen LogP contribution in [-0.4, -0.2) is 42.6 Å². The average molecular weight is 212 g/mol. The third kappa shape index (κ3) is 2.49. The molecule has 0 aromatic rings. The second-order valence-electron chi connectivity index (χ2n) is 5.10. The topological polar surface area (TPSA) is 55.6 Å². The molecule has 0 unspecified atom stereocenters. The quantitative estimate of drug-likeness (QED) is 0.719. The molecule has 0 bridgehead atoms. The SMILES string of the molecule is CC1CCN(C(=O)CC2(N)COC2)CC1. The minimum absolute atomic E-state index is 0.202. The van der Waals surface area contributed by atoms with Gasteiger partial charge in [-0.2, -0.15) is 0 Å². The number of hydrogen-bond acceptors (Lipinski definition) is 3. The zero-order chi connectivity index (χ0) is 10.9. The molecule has 86 valence electrons. The number of carbonyl (C=O) groups is 1. The summed E-state index contributed by atoms with van der Waals surface area (Å²) in [6.07, 6.45) is 2.70. The summed E-state index contributed by atoms with van der Waals surface area (Å²) in [5.74, 6) is 0.959. The van der Waals surface area contributed by atoms with E-state index >= 15 is 0 Å². The van der Waals surface area contributed by atoms with Crippen LogP contribution in [-0.2, 0) is 9.53 Å². The monoisotopic (exact) mass is 212 g/mol. The Morgan fingerprint density at radius 1 is 1.47 bits per heavy atom. The second kappa shape index (κ2) is 4.10. The van der Waals surface area contributed by atoms with Crippen LogP contribution in [0, 0.1) is 5.92 Å². The molecule has 2 rings (SSSR count). The highest BCUT2D eigenvalue weighted by Crippen LogP contribution is 2.22. The normalized spacial score (nSPS) is 26.1. The highest BCUT2D eigenvalue weighted by atomic mass is 16.5. The van der Waals surface area contributed by atoms with Gasteiger partial charge in [-0.3, -0.25) is 4.79 Å². The molecule has 0 aliphatic carbocycles. The molecular weight excluding hydrogens is 192 g/mol. The summed E-state index contributed by atoms with van der Waals surface area (Å²) in [4.78, 5) is 13.9. The number of nitrogens with zero attached hydrogens (tertiary/aromatic N) is 1. The number of hydrogen-bond donors (Lipinski definition) is 1. The summed E-state index contributed by atoms with van der Waals surface area (Å²) in [5.41, 5.74) is 5.59. The highest BCUT2D eigenvalue weighted by Gasteiger charge is 2.37. The predicted octanol–water partition coefficient (Wildman–Crippen LogP) is 0.363. The number of likely N-dealkylation sites (tertiary alicyclic amines) is 1. The second-order valence-corrected chi connectivity index (χ2v) is 5.10. The molecule has 0 saturated carbocycles. The Labute approximate surface area is 90.8 Å². The maximum Gasteiger partial charge on any atom is 0.224 e. The van der Waals surface area contributed by atoms with Gasteiger partial charge in [0.05, 0.1) is 18.8 Å². The number of piperidine rings is 1. The third-order valence-corrected chi connectivity index (χ3v) is 3.42. The van der Waals surface area contributed by atoms with Crippen molar-refractivity contribution in [3.63, 3.8) is 0 Å². The molecule has 4 nitrogen and oxygen atoms in total. The van der Waals surface area contributed by atoms with E-state index < -0.39 is 0 Å². The summed E-state index contributed by atoms with van der Waals surface area (Å²) in [5, 5.41) is 0. The number of rotatable bonds is 2. The van der Waals surface area contributed by atoms with Crippen molar-refractivity contribution in [1.82, 2.24) is 4.90 Å². The molecule has 15 heavy (non-hydrogen) atoms. The third-order valence-electron chi connectivity index (χ3n) is 3.42. The van der Waals surface area contributed by atoms with E-state index in [1.807, 2.05) is 4.90 Å². The van der Waals surface area contributed by atoms with Gasteiger partial charge in [0.2, 0.25) is 5.91 Å². The van der Waals surface area contributed by atoms with Gasteiger partial charge in [-0.25, -0.2) is 0 Å². The zero-order valence-corrected chi connectivity index (χ0v) is 9.37. The van der Waals surface area contributed by atoms with Gasteiger partial charge in [-0.05, 0) is 18.8 Å². The van der Waals surface area contributed by atoms with E-state index in [-0.39, 0.29) is 11.4 Å². The summed E-state index contributed by atoms with van der Waals surface area (Å²) < 4.78 is 5.05. The molecule has 2 fully saturated rings. The van der Waals surface area contributed by atoms with Crippen LogP contribution in [0.4, 0.5) is 0 Å². The molecule has 0 spiro atoms. The summed E-state index contributed by atoms with van der Waals surface area (Å²) in [6, 6.07) is 0. The highest BCUT2D eigenvalue weighted by molar-refractivity contribution is 5.77. The molecule has 2 heterocycles. The lowest BCUT2D eigenvalue weighted by molar-refractivity contribution is -0.139. The van der Waals surface area contributed by atoms with Crippen LogP contribution >= 0.6 is 0 Å². The Kier molecular flexibility index (Phi) is 2.98. The van der Waals surface area contributed by atoms with Crippen LogP contribution in [0.1, 0.15) is 26.2 Å². The van der Waals surface area contributed by atoms with Crippen molar-refractivity contribution >= 4 is 5.91 Å².